The van der Waals surface area contributed by atoms with Crippen molar-refractivity contribution in [2.45, 2.75) is 52.7 Å². The number of nitrogens with one attached hydrogen (secondary N) is 1. The Labute approximate surface area is 164 Å². The van der Waals surface area contributed by atoms with Gasteiger partial charge in [0, 0.05) is 67.5 Å². The molecule has 3 heterocycles. The number of piperazine rings is 1. The number of aryl methyl sites for hydroxylation is 2. The summed E-state index contributed by atoms with van der Waals surface area (Å²) in [6, 6.07) is 2.97. The summed E-state index contributed by atoms with van der Waals surface area (Å²) in [5, 5.41) is 3.43. The Morgan fingerprint density at radius 1 is 1.33 bits per heavy atom. The fourth-order valence-electron chi connectivity index (χ4n) is 3.64. The van der Waals surface area contributed by atoms with E-state index in [9.17, 15) is 4.79 Å². The molecule has 146 valence electrons. The van der Waals surface area contributed by atoms with Crippen molar-refractivity contribution in [2.24, 2.45) is 0 Å². The number of carbonyl (C=O) groups is 1. The fourth-order valence-corrected chi connectivity index (χ4v) is 4.53. The van der Waals surface area contributed by atoms with E-state index >= 15 is 0 Å². The largest absolute Gasteiger partial charge is 0.302 e. The van der Waals surface area contributed by atoms with Gasteiger partial charge in [-0.3, -0.25) is 9.69 Å². The van der Waals surface area contributed by atoms with E-state index in [0.717, 1.165) is 43.3 Å². The number of amides is 1. The molecule has 1 fully saturated rings. The van der Waals surface area contributed by atoms with E-state index in [2.05, 4.69) is 50.1 Å². The van der Waals surface area contributed by atoms with Gasteiger partial charge in [0.25, 0.3) is 0 Å². The standard InChI is InChI=1S/C19H28N6OS/c1-12-6-16(22-14(3)21-12)7-17-10-25(13(2)9-24(17)5)11-18-8-20-19(27-18)23-15(4)26/h6,8,13,17H,7,9-11H2,1-5H3,(H,20,23,26)/t13-,17?/m0/s1. The van der Waals surface area contributed by atoms with Crippen molar-refractivity contribution in [3.05, 3.63) is 34.4 Å². The molecular weight excluding hydrogens is 360 g/mol. The number of aromatic nitrogens is 3. The summed E-state index contributed by atoms with van der Waals surface area (Å²) in [7, 11) is 2.20. The maximum Gasteiger partial charge on any atom is 0.223 e. The van der Waals surface area contributed by atoms with Gasteiger partial charge in [-0.1, -0.05) is 0 Å². The first kappa shape index (κ1) is 19.9. The van der Waals surface area contributed by atoms with E-state index in [1.54, 1.807) is 11.3 Å². The van der Waals surface area contributed by atoms with Crippen molar-refractivity contribution in [1.82, 2.24) is 24.8 Å². The number of hydrogen-bond acceptors (Lipinski definition) is 7. The van der Waals surface area contributed by atoms with Crippen molar-refractivity contribution in [2.75, 3.05) is 25.5 Å². The van der Waals surface area contributed by atoms with Crippen LogP contribution in [0, 0.1) is 13.8 Å². The average molecular weight is 389 g/mol. The number of anilines is 1. The first-order valence-electron chi connectivity index (χ1n) is 9.28. The third-order valence-corrected chi connectivity index (χ3v) is 5.80. The zero-order valence-corrected chi connectivity index (χ0v) is 17.5. The highest BCUT2D eigenvalue weighted by Crippen LogP contribution is 2.24. The highest BCUT2D eigenvalue weighted by molar-refractivity contribution is 7.15. The number of thiazole rings is 1. The summed E-state index contributed by atoms with van der Waals surface area (Å²) >= 11 is 1.55. The average Bonchev–Trinajstić information content (AvgIpc) is 2.97. The number of rotatable bonds is 5. The Morgan fingerprint density at radius 2 is 2.11 bits per heavy atom. The monoisotopic (exact) mass is 388 g/mol. The third-order valence-electron chi connectivity index (χ3n) is 4.90. The zero-order chi connectivity index (χ0) is 19.6. The minimum Gasteiger partial charge on any atom is -0.302 e. The van der Waals surface area contributed by atoms with Crippen LogP contribution in [0.2, 0.25) is 0 Å². The number of likely N-dealkylation sites (N-methyl/N-ethyl adjacent to an activating group) is 1. The third kappa shape index (κ3) is 5.31. The lowest BCUT2D eigenvalue weighted by atomic mass is 10.0. The molecule has 27 heavy (non-hydrogen) atoms. The predicted octanol–water partition coefficient (Wildman–Crippen LogP) is 2.26. The molecule has 8 heteroatoms. The summed E-state index contributed by atoms with van der Waals surface area (Å²) in [5.74, 6) is 0.753. The lowest BCUT2D eigenvalue weighted by Gasteiger charge is -2.43. The van der Waals surface area contributed by atoms with E-state index in [4.69, 9.17) is 0 Å². The van der Waals surface area contributed by atoms with Gasteiger partial charge in [-0.15, -0.1) is 11.3 Å². The van der Waals surface area contributed by atoms with Crippen LogP contribution in [-0.4, -0.2) is 62.9 Å². The second-order valence-corrected chi connectivity index (χ2v) is 8.55. The predicted molar refractivity (Wildman–Crippen MR) is 108 cm³/mol. The number of hydrogen-bond donors (Lipinski definition) is 1. The highest BCUT2D eigenvalue weighted by atomic mass is 32.1. The Kier molecular flexibility index (Phi) is 6.18. The van der Waals surface area contributed by atoms with Gasteiger partial charge in [0.2, 0.25) is 5.91 Å². The van der Waals surface area contributed by atoms with Crippen LogP contribution in [0.3, 0.4) is 0 Å². The molecule has 1 aliphatic rings. The van der Waals surface area contributed by atoms with Crippen LogP contribution in [-0.2, 0) is 17.8 Å². The van der Waals surface area contributed by atoms with Crippen LogP contribution in [0.15, 0.2) is 12.3 Å². The maximum atomic E-state index is 11.2. The lowest BCUT2D eigenvalue weighted by Crippen LogP contribution is -2.56. The lowest BCUT2D eigenvalue weighted by molar-refractivity contribution is -0.114. The molecule has 0 spiro atoms. The molecule has 1 aliphatic heterocycles. The molecule has 0 saturated carbocycles. The SMILES string of the molecule is CC(=O)Nc1ncc(CN2CC(Cc3cc(C)nc(C)n3)N(C)C[C@@H]2C)s1. The Bertz CT molecular complexity index is 787. The molecular formula is C19H28N6OS. The van der Waals surface area contributed by atoms with Gasteiger partial charge in [-0.2, -0.15) is 0 Å². The van der Waals surface area contributed by atoms with Crippen LogP contribution in [0.25, 0.3) is 0 Å². The summed E-state index contributed by atoms with van der Waals surface area (Å²) in [4.78, 5) is 30.6. The minimum atomic E-state index is -0.0839. The normalized spacial score (nSPS) is 21.4. The summed E-state index contributed by atoms with van der Waals surface area (Å²) < 4.78 is 0. The van der Waals surface area contributed by atoms with Gasteiger partial charge >= 0.3 is 0 Å². The molecule has 3 rings (SSSR count). The molecule has 2 atom stereocenters. The topological polar surface area (TPSA) is 74.2 Å². The van der Waals surface area contributed by atoms with Gasteiger partial charge in [0.05, 0.1) is 0 Å². The maximum absolute atomic E-state index is 11.2. The second kappa shape index (κ2) is 8.41. The molecule has 7 nitrogen and oxygen atoms in total. The van der Waals surface area contributed by atoms with E-state index in [-0.39, 0.29) is 5.91 Å². The van der Waals surface area contributed by atoms with Crippen molar-refractivity contribution >= 4 is 22.4 Å². The van der Waals surface area contributed by atoms with Crippen LogP contribution in [0.1, 0.15) is 35.9 Å². The van der Waals surface area contributed by atoms with Crippen LogP contribution in [0.5, 0.6) is 0 Å². The van der Waals surface area contributed by atoms with Gasteiger partial charge in [-0.05, 0) is 33.9 Å². The Hall–Kier alpha value is -1.90. The van der Waals surface area contributed by atoms with Crippen molar-refractivity contribution < 1.29 is 4.79 Å². The quantitative estimate of drug-likeness (QED) is 0.847. The Balaban J connectivity index is 1.67. The molecule has 1 amide bonds. The Morgan fingerprint density at radius 3 is 2.81 bits per heavy atom. The van der Waals surface area contributed by atoms with Crippen LogP contribution >= 0.6 is 11.3 Å². The van der Waals surface area contributed by atoms with Gasteiger partial charge in [0.15, 0.2) is 5.13 Å². The van der Waals surface area contributed by atoms with Gasteiger partial charge in [0.1, 0.15) is 5.82 Å². The van der Waals surface area contributed by atoms with E-state index < -0.39 is 0 Å². The fraction of sp³-hybridized carbons (Fsp3) is 0.579. The number of carbonyl (C=O) groups excluding carboxylic acids is 1. The first-order valence-corrected chi connectivity index (χ1v) is 10.1. The van der Waals surface area contributed by atoms with Crippen molar-refractivity contribution in [1.29, 1.82) is 0 Å². The van der Waals surface area contributed by atoms with Crippen LogP contribution in [0.4, 0.5) is 5.13 Å². The van der Waals surface area contributed by atoms with E-state index in [0.29, 0.717) is 17.2 Å². The molecule has 0 bridgehead atoms. The summed E-state index contributed by atoms with van der Waals surface area (Å²) in [6.45, 7) is 10.6. The smallest absolute Gasteiger partial charge is 0.223 e. The van der Waals surface area contributed by atoms with Gasteiger partial charge in [-0.25, -0.2) is 15.0 Å². The van der Waals surface area contributed by atoms with Crippen molar-refractivity contribution in [3.8, 4) is 0 Å². The molecule has 2 aromatic heterocycles. The highest BCUT2D eigenvalue weighted by Gasteiger charge is 2.30. The molecule has 0 radical (unpaired) electrons. The first-order chi connectivity index (χ1) is 12.8. The minimum absolute atomic E-state index is 0.0839. The van der Waals surface area contributed by atoms with Crippen LogP contribution < -0.4 is 5.32 Å². The van der Waals surface area contributed by atoms with E-state index in [1.165, 1.54) is 11.8 Å². The van der Waals surface area contributed by atoms with E-state index in [1.807, 2.05) is 20.0 Å². The van der Waals surface area contributed by atoms with Gasteiger partial charge < -0.3 is 10.2 Å². The molecule has 1 unspecified atom stereocenters. The van der Waals surface area contributed by atoms with Crippen molar-refractivity contribution in [3.63, 3.8) is 0 Å². The molecule has 2 aromatic rings. The molecule has 0 aromatic carbocycles. The molecule has 1 saturated heterocycles. The molecule has 1 N–H and O–H groups in total. The molecule has 0 aliphatic carbocycles. The second-order valence-electron chi connectivity index (χ2n) is 7.44. The zero-order valence-electron chi connectivity index (χ0n) is 16.7. The number of nitrogens with zero attached hydrogens (tertiary/aromatic N) is 5. The summed E-state index contributed by atoms with van der Waals surface area (Å²) in [5.41, 5.74) is 2.13. The summed E-state index contributed by atoms with van der Waals surface area (Å²) in [6.07, 6.45) is 2.79.